The van der Waals surface area contributed by atoms with Crippen molar-refractivity contribution in [2.45, 2.75) is 4.90 Å². The minimum atomic E-state index is -3.90. The second kappa shape index (κ2) is 5.98. The number of methoxy groups -OCH3 is 1. The third-order valence-corrected chi connectivity index (χ3v) is 4.13. The molecule has 0 aliphatic carbocycles. The van der Waals surface area contributed by atoms with Crippen LogP contribution in [0.25, 0.3) is 0 Å². The van der Waals surface area contributed by atoms with E-state index < -0.39 is 15.8 Å². The smallest absolute Gasteiger partial charge is 0.261 e. The number of hydrogen-bond donors (Lipinski definition) is 3. The molecule has 0 atom stereocenters. The molecule has 0 radical (unpaired) electrons. The lowest BCUT2D eigenvalue weighted by Gasteiger charge is -2.10. The van der Waals surface area contributed by atoms with Gasteiger partial charge in [-0.15, -0.1) is 0 Å². The van der Waals surface area contributed by atoms with E-state index in [2.05, 4.69) is 10.1 Å². The lowest BCUT2D eigenvalue weighted by molar-refractivity contribution is 0.414. The van der Waals surface area contributed by atoms with Crippen molar-refractivity contribution in [3.63, 3.8) is 0 Å². The Morgan fingerprint density at radius 2 is 1.81 bits per heavy atom. The van der Waals surface area contributed by atoms with Crippen molar-refractivity contribution in [2.75, 3.05) is 17.3 Å². The second-order valence-electron chi connectivity index (χ2n) is 4.12. The summed E-state index contributed by atoms with van der Waals surface area (Å²) in [6.45, 7) is 0. The molecule has 8 heteroatoms. The van der Waals surface area contributed by atoms with Crippen molar-refractivity contribution in [1.82, 2.24) is 0 Å². The largest absolute Gasteiger partial charge is 0.497 e. The molecule has 0 aliphatic heterocycles. The van der Waals surface area contributed by atoms with Gasteiger partial charge in [-0.05, 0) is 36.4 Å². The summed E-state index contributed by atoms with van der Waals surface area (Å²) in [5.74, 6) is 4.86. The number of nitrogens with two attached hydrogens (primary N) is 1. The van der Waals surface area contributed by atoms with Crippen LogP contribution in [0.15, 0.2) is 47.4 Å². The first-order valence-corrected chi connectivity index (χ1v) is 7.37. The zero-order valence-corrected chi connectivity index (χ0v) is 11.9. The molecule has 2 aromatic rings. The summed E-state index contributed by atoms with van der Waals surface area (Å²) in [5.41, 5.74) is 2.76. The normalized spacial score (nSPS) is 11.0. The van der Waals surface area contributed by atoms with E-state index in [0.717, 1.165) is 6.07 Å². The minimum absolute atomic E-state index is 0.0104. The van der Waals surface area contributed by atoms with E-state index in [1.54, 1.807) is 0 Å². The molecule has 4 N–H and O–H groups in total. The number of nitrogen functional groups attached to an aromatic ring is 1. The molecule has 2 rings (SSSR count). The molecule has 21 heavy (non-hydrogen) atoms. The highest BCUT2D eigenvalue weighted by Crippen LogP contribution is 2.24. The Morgan fingerprint density at radius 3 is 2.38 bits per heavy atom. The van der Waals surface area contributed by atoms with Gasteiger partial charge in [0.2, 0.25) is 0 Å². The first-order valence-electron chi connectivity index (χ1n) is 5.89. The first kappa shape index (κ1) is 15.1. The Balaban J connectivity index is 2.32. The lowest BCUT2D eigenvalue weighted by atomic mass is 10.3. The van der Waals surface area contributed by atoms with E-state index in [9.17, 15) is 12.8 Å². The number of ether oxygens (including phenoxy) is 1. The molecule has 6 nitrogen and oxygen atoms in total. The Bertz CT molecular complexity index is 733. The van der Waals surface area contributed by atoms with Gasteiger partial charge in [0.15, 0.2) is 0 Å². The summed E-state index contributed by atoms with van der Waals surface area (Å²) in [7, 11) is -2.49. The van der Waals surface area contributed by atoms with Gasteiger partial charge in [0.05, 0.1) is 17.7 Å². The number of sulfonamides is 1. The van der Waals surface area contributed by atoms with Gasteiger partial charge in [0.25, 0.3) is 10.0 Å². The lowest BCUT2D eigenvalue weighted by Crippen LogP contribution is -2.14. The maximum Gasteiger partial charge on any atom is 0.261 e. The summed E-state index contributed by atoms with van der Waals surface area (Å²) in [4.78, 5) is -0.0104. The average molecular weight is 311 g/mol. The molecule has 2 aromatic carbocycles. The number of hydrazine groups is 1. The van der Waals surface area contributed by atoms with Crippen LogP contribution >= 0.6 is 0 Å². The Kier molecular flexibility index (Phi) is 4.29. The molecule has 0 bridgehead atoms. The van der Waals surface area contributed by atoms with Crippen molar-refractivity contribution in [2.24, 2.45) is 5.84 Å². The predicted molar refractivity (Wildman–Crippen MR) is 78.0 cm³/mol. The quantitative estimate of drug-likeness (QED) is 0.579. The third kappa shape index (κ3) is 3.41. The number of nitrogens with one attached hydrogen (secondary N) is 2. The SMILES string of the molecule is COc1ccc(F)c(NS(=O)(=O)c2ccc(NN)cc2)c1. The van der Waals surface area contributed by atoms with E-state index in [-0.39, 0.29) is 10.6 Å². The standard InChI is InChI=1S/C13H14FN3O3S/c1-20-10-4-7-12(14)13(8-10)17-21(18,19)11-5-2-9(16-15)3-6-11/h2-8,16-17H,15H2,1H3. The van der Waals surface area contributed by atoms with E-state index in [4.69, 9.17) is 10.6 Å². The molecule has 0 amide bonds. The highest BCUT2D eigenvalue weighted by molar-refractivity contribution is 7.92. The molecular formula is C13H14FN3O3S. The van der Waals surface area contributed by atoms with Gasteiger partial charge in [-0.25, -0.2) is 12.8 Å². The maximum atomic E-state index is 13.7. The molecule has 0 saturated heterocycles. The highest BCUT2D eigenvalue weighted by atomic mass is 32.2. The second-order valence-corrected chi connectivity index (χ2v) is 5.80. The average Bonchev–Trinajstić information content (AvgIpc) is 2.49. The number of benzene rings is 2. The highest BCUT2D eigenvalue weighted by Gasteiger charge is 2.16. The molecule has 112 valence electrons. The van der Waals surface area contributed by atoms with E-state index in [0.29, 0.717) is 11.4 Å². The van der Waals surface area contributed by atoms with Crippen LogP contribution in [-0.4, -0.2) is 15.5 Å². The van der Waals surface area contributed by atoms with Gasteiger partial charge < -0.3 is 10.2 Å². The van der Waals surface area contributed by atoms with E-state index >= 15 is 0 Å². The summed E-state index contributed by atoms with van der Waals surface area (Å²) < 4.78 is 45.1. The molecule has 0 heterocycles. The van der Waals surface area contributed by atoms with Gasteiger partial charge in [-0.2, -0.15) is 0 Å². The summed E-state index contributed by atoms with van der Waals surface area (Å²) >= 11 is 0. The Hall–Kier alpha value is -2.32. The van der Waals surface area contributed by atoms with E-state index in [1.165, 1.54) is 43.5 Å². The number of hydrogen-bond acceptors (Lipinski definition) is 5. The monoisotopic (exact) mass is 311 g/mol. The zero-order valence-electron chi connectivity index (χ0n) is 11.1. The van der Waals surface area contributed by atoms with E-state index in [1.807, 2.05) is 0 Å². The maximum absolute atomic E-state index is 13.7. The van der Waals surface area contributed by atoms with Gasteiger partial charge >= 0.3 is 0 Å². The van der Waals surface area contributed by atoms with Crippen LogP contribution in [0.3, 0.4) is 0 Å². The summed E-state index contributed by atoms with van der Waals surface area (Å²) in [6.07, 6.45) is 0. The van der Waals surface area contributed by atoms with Crippen molar-refractivity contribution < 1.29 is 17.5 Å². The van der Waals surface area contributed by atoms with Crippen LogP contribution in [0.4, 0.5) is 15.8 Å². The molecule has 0 fully saturated rings. The third-order valence-electron chi connectivity index (χ3n) is 2.75. The fourth-order valence-corrected chi connectivity index (χ4v) is 2.70. The predicted octanol–water partition coefficient (Wildman–Crippen LogP) is 1.92. The van der Waals surface area contributed by atoms with Gasteiger partial charge in [-0.1, -0.05) is 0 Å². The van der Waals surface area contributed by atoms with Crippen molar-refractivity contribution >= 4 is 21.4 Å². The Labute approximate surface area is 121 Å². The van der Waals surface area contributed by atoms with Crippen molar-refractivity contribution in [1.29, 1.82) is 0 Å². The summed E-state index contributed by atoms with van der Waals surface area (Å²) in [5, 5.41) is 0. The first-order chi connectivity index (χ1) is 9.96. The number of halogens is 1. The van der Waals surface area contributed by atoms with Gasteiger partial charge in [0.1, 0.15) is 11.6 Å². The zero-order chi connectivity index (χ0) is 15.5. The van der Waals surface area contributed by atoms with Crippen molar-refractivity contribution in [3.05, 3.63) is 48.3 Å². The number of rotatable bonds is 5. The fraction of sp³-hybridized carbons (Fsp3) is 0.0769. The van der Waals surface area contributed by atoms with Crippen LogP contribution in [0.5, 0.6) is 5.75 Å². The van der Waals surface area contributed by atoms with Gasteiger partial charge in [0, 0.05) is 11.8 Å². The fourth-order valence-electron chi connectivity index (χ4n) is 1.64. The summed E-state index contributed by atoms with van der Waals surface area (Å²) in [6, 6.07) is 9.49. The number of anilines is 2. The molecule has 0 saturated carbocycles. The molecule has 0 spiro atoms. The molecular weight excluding hydrogens is 297 g/mol. The molecule has 0 unspecified atom stereocenters. The topological polar surface area (TPSA) is 93.4 Å². The molecule has 0 aliphatic rings. The van der Waals surface area contributed by atoms with Crippen LogP contribution < -0.4 is 20.7 Å². The van der Waals surface area contributed by atoms with Crippen LogP contribution in [0, 0.1) is 5.82 Å². The van der Waals surface area contributed by atoms with Crippen LogP contribution in [0.1, 0.15) is 0 Å². The Morgan fingerprint density at radius 1 is 1.14 bits per heavy atom. The van der Waals surface area contributed by atoms with Crippen LogP contribution in [-0.2, 0) is 10.0 Å². The van der Waals surface area contributed by atoms with Crippen LogP contribution in [0.2, 0.25) is 0 Å². The van der Waals surface area contributed by atoms with Crippen molar-refractivity contribution in [3.8, 4) is 5.75 Å². The minimum Gasteiger partial charge on any atom is -0.497 e. The molecule has 0 aromatic heterocycles. The van der Waals surface area contributed by atoms with Gasteiger partial charge in [-0.3, -0.25) is 10.6 Å².